The predicted octanol–water partition coefficient (Wildman–Crippen LogP) is 1.12. The number of ether oxygens (including phenoxy) is 1. The van der Waals surface area contributed by atoms with Crippen LogP contribution in [0, 0.1) is 5.92 Å². The summed E-state index contributed by atoms with van der Waals surface area (Å²) in [5.74, 6) is 0.192. The molecular formula is C14H23N3O2S. The zero-order chi connectivity index (χ0) is 14.4. The van der Waals surface area contributed by atoms with Gasteiger partial charge in [0.05, 0.1) is 16.7 Å². The number of rotatable bonds is 6. The first-order valence-electron chi connectivity index (χ1n) is 7.25. The molecule has 1 unspecified atom stereocenters. The Morgan fingerprint density at radius 1 is 1.60 bits per heavy atom. The lowest BCUT2D eigenvalue weighted by molar-refractivity contribution is -0.124. The Balaban J connectivity index is 1.71. The van der Waals surface area contributed by atoms with Gasteiger partial charge in [-0.05, 0) is 25.2 Å². The molecule has 0 aromatic carbocycles. The average molecular weight is 297 g/mol. The van der Waals surface area contributed by atoms with Crippen molar-refractivity contribution in [2.24, 2.45) is 11.7 Å². The van der Waals surface area contributed by atoms with Gasteiger partial charge in [-0.1, -0.05) is 6.92 Å². The zero-order valence-electron chi connectivity index (χ0n) is 11.9. The number of amides is 1. The highest BCUT2D eigenvalue weighted by Gasteiger charge is 2.26. The zero-order valence-corrected chi connectivity index (χ0v) is 12.7. The molecule has 1 atom stereocenters. The fourth-order valence-electron chi connectivity index (χ4n) is 2.35. The number of nitrogens with two attached hydrogens (primary N) is 1. The molecule has 6 heteroatoms. The number of hydrogen-bond acceptors (Lipinski definition) is 5. The van der Waals surface area contributed by atoms with Crippen molar-refractivity contribution in [3.05, 3.63) is 16.1 Å². The number of thiazole rings is 1. The maximum atomic E-state index is 12.0. The van der Waals surface area contributed by atoms with Gasteiger partial charge < -0.3 is 15.8 Å². The van der Waals surface area contributed by atoms with Crippen LogP contribution in [0.15, 0.2) is 5.38 Å². The summed E-state index contributed by atoms with van der Waals surface area (Å²) in [6.07, 6.45) is 3.48. The molecule has 1 fully saturated rings. The molecule has 1 saturated heterocycles. The maximum absolute atomic E-state index is 12.0. The van der Waals surface area contributed by atoms with Gasteiger partial charge in [0.2, 0.25) is 5.91 Å². The summed E-state index contributed by atoms with van der Waals surface area (Å²) < 4.78 is 5.29. The highest BCUT2D eigenvalue weighted by atomic mass is 32.1. The largest absolute Gasteiger partial charge is 0.381 e. The maximum Gasteiger partial charge on any atom is 0.237 e. The number of carbonyl (C=O) groups is 1. The van der Waals surface area contributed by atoms with Gasteiger partial charge in [-0.2, -0.15) is 0 Å². The van der Waals surface area contributed by atoms with Crippen molar-refractivity contribution >= 4 is 17.2 Å². The van der Waals surface area contributed by atoms with Crippen molar-refractivity contribution in [2.45, 2.75) is 38.6 Å². The van der Waals surface area contributed by atoms with Crippen LogP contribution < -0.4 is 11.1 Å². The van der Waals surface area contributed by atoms with Crippen LogP contribution in [0.2, 0.25) is 0 Å². The molecule has 0 spiro atoms. The minimum absolute atomic E-state index is 0.0529. The molecule has 0 radical (unpaired) electrons. The van der Waals surface area contributed by atoms with Crippen LogP contribution in [-0.4, -0.2) is 36.7 Å². The van der Waals surface area contributed by atoms with Gasteiger partial charge in [-0.3, -0.25) is 4.79 Å². The number of nitrogens with one attached hydrogen (secondary N) is 1. The van der Waals surface area contributed by atoms with Crippen LogP contribution in [0.1, 0.15) is 30.5 Å². The van der Waals surface area contributed by atoms with Crippen molar-refractivity contribution in [3.8, 4) is 0 Å². The standard InChI is InChI=1S/C14H23N3O2S/c1-2-12-17-11(9-20-12)3-6-16-14(18)13(15)10-4-7-19-8-5-10/h9-10,13H,2-8,15H2,1H3,(H,16,18). The SMILES string of the molecule is CCc1nc(CCNC(=O)C(N)C2CCOCC2)cs1. The molecule has 1 aliphatic heterocycles. The molecule has 2 rings (SSSR count). The molecule has 0 aliphatic carbocycles. The quantitative estimate of drug-likeness (QED) is 0.825. The molecule has 112 valence electrons. The average Bonchev–Trinajstić information content (AvgIpc) is 2.95. The normalized spacial score (nSPS) is 17.9. The Kier molecular flexibility index (Phi) is 5.94. The van der Waals surface area contributed by atoms with E-state index >= 15 is 0 Å². The van der Waals surface area contributed by atoms with Crippen LogP contribution >= 0.6 is 11.3 Å². The highest BCUT2D eigenvalue weighted by molar-refractivity contribution is 7.09. The van der Waals surface area contributed by atoms with Crippen LogP contribution in [0.4, 0.5) is 0 Å². The van der Waals surface area contributed by atoms with Gasteiger partial charge in [0.25, 0.3) is 0 Å². The number of hydrogen-bond donors (Lipinski definition) is 2. The van der Waals surface area contributed by atoms with Gasteiger partial charge in [-0.15, -0.1) is 11.3 Å². The molecule has 2 heterocycles. The minimum atomic E-state index is -0.416. The Hall–Kier alpha value is -0.980. The molecule has 3 N–H and O–H groups in total. The Bertz CT molecular complexity index is 430. The number of carbonyl (C=O) groups excluding carboxylic acids is 1. The third kappa shape index (κ3) is 4.26. The second-order valence-corrected chi connectivity index (χ2v) is 6.05. The molecule has 1 aromatic heterocycles. The summed E-state index contributed by atoms with van der Waals surface area (Å²) in [4.78, 5) is 16.5. The molecule has 5 nitrogen and oxygen atoms in total. The summed E-state index contributed by atoms with van der Waals surface area (Å²) in [5.41, 5.74) is 7.06. The summed E-state index contributed by atoms with van der Waals surface area (Å²) in [7, 11) is 0. The third-order valence-corrected chi connectivity index (χ3v) is 4.70. The molecule has 0 saturated carbocycles. The number of nitrogens with zero attached hydrogens (tertiary/aromatic N) is 1. The van der Waals surface area contributed by atoms with Gasteiger partial charge in [-0.25, -0.2) is 4.98 Å². The van der Waals surface area contributed by atoms with Crippen LogP contribution in [-0.2, 0) is 22.4 Å². The number of aromatic nitrogens is 1. The first-order chi connectivity index (χ1) is 9.70. The smallest absolute Gasteiger partial charge is 0.237 e. The molecule has 1 amide bonds. The first kappa shape index (κ1) is 15.4. The summed E-state index contributed by atoms with van der Waals surface area (Å²) in [5, 5.41) is 6.12. The van der Waals surface area contributed by atoms with Crippen molar-refractivity contribution in [2.75, 3.05) is 19.8 Å². The van der Waals surface area contributed by atoms with E-state index in [4.69, 9.17) is 10.5 Å². The van der Waals surface area contributed by atoms with Crippen LogP contribution in [0.3, 0.4) is 0 Å². The number of aryl methyl sites for hydroxylation is 1. The van der Waals surface area contributed by atoms with E-state index < -0.39 is 6.04 Å². The summed E-state index contributed by atoms with van der Waals surface area (Å²) >= 11 is 1.68. The fraction of sp³-hybridized carbons (Fsp3) is 0.714. The predicted molar refractivity (Wildman–Crippen MR) is 79.7 cm³/mol. The lowest BCUT2D eigenvalue weighted by atomic mass is 9.92. The van der Waals surface area contributed by atoms with E-state index in [-0.39, 0.29) is 11.8 Å². The van der Waals surface area contributed by atoms with E-state index in [1.807, 2.05) is 0 Å². The van der Waals surface area contributed by atoms with Crippen molar-refractivity contribution in [1.82, 2.24) is 10.3 Å². The van der Waals surface area contributed by atoms with E-state index in [0.717, 1.165) is 36.4 Å². The van der Waals surface area contributed by atoms with Gasteiger partial charge >= 0.3 is 0 Å². The van der Waals surface area contributed by atoms with Crippen molar-refractivity contribution in [3.63, 3.8) is 0 Å². The van der Waals surface area contributed by atoms with Crippen LogP contribution in [0.25, 0.3) is 0 Å². The van der Waals surface area contributed by atoms with Crippen molar-refractivity contribution < 1.29 is 9.53 Å². The lowest BCUT2D eigenvalue weighted by Gasteiger charge is -2.26. The highest BCUT2D eigenvalue weighted by Crippen LogP contribution is 2.17. The molecule has 1 aromatic rings. The van der Waals surface area contributed by atoms with Gasteiger partial charge in [0, 0.05) is 31.6 Å². The van der Waals surface area contributed by atoms with E-state index in [1.165, 1.54) is 0 Å². The molecule has 1 aliphatic rings. The topological polar surface area (TPSA) is 77.2 Å². The fourth-order valence-corrected chi connectivity index (χ4v) is 3.13. The molecule has 20 heavy (non-hydrogen) atoms. The second-order valence-electron chi connectivity index (χ2n) is 5.10. The summed E-state index contributed by atoms with van der Waals surface area (Å²) in [6, 6.07) is -0.416. The van der Waals surface area contributed by atoms with E-state index in [9.17, 15) is 4.79 Å². The third-order valence-electron chi connectivity index (χ3n) is 3.66. The Morgan fingerprint density at radius 3 is 3.00 bits per heavy atom. The first-order valence-corrected chi connectivity index (χ1v) is 8.13. The second kappa shape index (κ2) is 7.71. The van der Waals surface area contributed by atoms with E-state index in [0.29, 0.717) is 19.8 Å². The van der Waals surface area contributed by atoms with Crippen LogP contribution in [0.5, 0.6) is 0 Å². The molecular weight excluding hydrogens is 274 g/mol. The van der Waals surface area contributed by atoms with Gasteiger partial charge in [0.1, 0.15) is 0 Å². The lowest BCUT2D eigenvalue weighted by Crippen LogP contribution is -2.47. The minimum Gasteiger partial charge on any atom is -0.381 e. The Morgan fingerprint density at radius 2 is 2.35 bits per heavy atom. The van der Waals surface area contributed by atoms with E-state index in [1.54, 1.807) is 11.3 Å². The van der Waals surface area contributed by atoms with Gasteiger partial charge in [0.15, 0.2) is 0 Å². The summed E-state index contributed by atoms with van der Waals surface area (Å²) in [6.45, 7) is 4.12. The Labute approximate surface area is 123 Å². The molecule has 0 bridgehead atoms. The van der Waals surface area contributed by atoms with E-state index in [2.05, 4.69) is 22.6 Å². The monoisotopic (exact) mass is 297 g/mol. The van der Waals surface area contributed by atoms with Crippen molar-refractivity contribution in [1.29, 1.82) is 0 Å².